The number of methoxy groups -OCH3 is 1. The van der Waals surface area contributed by atoms with Crippen LogP contribution in [0.25, 0.3) is 0 Å². The first-order valence-electron chi connectivity index (χ1n) is 6.29. The van der Waals surface area contributed by atoms with Gasteiger partial charge in [-0.2, -0.15) is 0 Å². The summed E-state index contributed by atoms with van der Waals surface area (Å²) < 4.78 is 16.2. The summed E-state index contributed by atoms with van der Waals surface area (Å²) in [7, 11) is 1.78. The van der Waals surface area contributed by atoms with Crippen LogP contribution in [-0.2, 0) is 14.2 Å². The molecule has 0 heterocycles. The minimum Gasteiger partial charge on any atom is -0.381 e. The van der Waals surface area contributed by atoms with Gasteiger partial charge in [0.25, 0.3) is 0 Å². The smallest absolute Gasteiger partial charge is 0.158 e. The van der Waals surface area contributed by atoms with Gasteiger partial charge in [-0.05, 0) is 26.7 Å². The van der Waals surface area contributed by atoms with Crippen LogP contribution in [0.15, 0.2) is 0 Å². The summed E-state index contributed by atoms with van der Waals surface area (Å²) in [6, 6.07) is 0.619. The van der Waals surface area contributed by atoms with Crippen molar-refractivity contribution in [2.45, 2.75) is 51.5 Å². The Labute approximate surface area is 98.6 Å². The van der Waals surface area contributed by atoms with E-state index in [1.54, 1.807) is 7.11 Å². The van der Waals surface area contributed by atoms with Gasteiger partial charge in [0.2, 0.25) is 0 Å². The van der Waals surface area contributed by atoms with Crippen LogP contribution in [0.4, 0.5) is 0 Å². The summed E-state index contributed by atoms with van der Waals surface area (Å²) >= 11 is 0. The highest BCUT2D eigenvalue weighted by Gasteiger charge is 2.28. The Balaban J connectivity index is 2.00. The Hall–Kier alpha value is -0.160. The Morgan fingerprint density at radius 3 is 2.31 bits per heavy atom. The van der Waals surface area contributed by atoms with E-state index in [0.717, 1.165) is 25.8 Å². The van der Waals surface area contributed by atoms with E-state index in [9.17, 15) is 0 Å². The van der Waals surface area contributed by atoms with Crippen molar-refractivity contribution in [2.24, 2.45) is 0 Å². The van der Waals surface area contributed by atoms with Crippen molar-refractivity contribution in [1.82, 2.24) is 5.32 Å². The van der Waals surface area contributed by atoms with E-state index in [1.807, 2.05) is 13.8 Å². The Kier molecular flexibility index (Phi) is 6.96. The van der Waals surface area contributed by atoms with Gasteiger partial charge in [-0.15, -0.1) is 0 Å². The largest absolute Gasteiger partial charge is 0.381 e. The van der Waals surface area contributed by atoms with Gasteiger partial charge < -0.3 is 19.5 Å². The lowest BCUT2D eigenvalue weighted by atomic mass is 9.89. The topological polar surface area (TPSA) is 39.7 Å². The second-order valence-electron chi connectivity index (χ2n) is 4.11. The second kappa shape index (κ2) is 8.01. The van der Waals surface area contributed by atoms with Crippen molar-refractivity contribution in [2.75, 3.05) is 26.9 Å². The molecule has 0 aromatic heterocycles. The van der Waals surface area contributed by atoms with Gasteiger partial charge in [0.1, 0.15) is 0 Å². The number of nitrogens with one attached hydrogen (secondary N) is 1. The number of hydrogen-bond acceptors (Lipinski definition) is 4. The molecule has 0 atom stereocenters. The Morgan fingerprint density at radius 1 is 1.19 bits per heavy atom. The molecule has 0 aliphatic heterocycles. The van der Waals surface area contributed by atoms with Crippen molar-refractivity contribution >= 4 is 0 Å². The molecule has 0 aromatic carbocycles. The number of rotatable bonds is 9. The van der Waals surface area contributed by atoms with Crippen molar-refractivity contribution in [3.8, 4) is 0 Å². The maximum absolute atomic E-state index is 5.47. The van der Waals surface area contributed by atoms with E-state index < -0.39 is 0 Å². The van der Waals surface area contributed by atoms with E-state index in [0.29, 0.717) is 25.4 Å². The first-order valence-corrected chi connectivity index (χ1v) is 6.29. The SMILES string of the molecule is CCOC(CCNC1CC(OC)C1)OCC. The molecular weight excluding hydrogens is 206 g/mol. The maximum atomic E-state index is 5.47. The van der Waals surface area contributed by atoms with Crippen LogP contribution < -0.4 is 5.32 Å². The van der Waals surface area contributed by atoms with Gasteiger partial charge in [-0.1, -0.05) is 0 Å². The van der Waals surface area contributed by atoms with Gasteiger partial charge in [-0.3, -0.25) is 0 Å². The number of ether oxygens (including phenoxy) is 3. The quantitative estimate of drug-likeness (QED) is 0.611. The maximum Gasteiger partial charge on any atom is 0.158 e. The van der Waals surface area contributed by atoms with Crippen LogP contribution in [0.1, 0.15) is 33.1 Å². The van der Waals surface area contributed by atoms with E-state index in [1.165, 1.54) is 0 Å². The third-order valence-corrected chi connectivity index (χ3v) is 2.95. The van der Waals surface area contributed by atoms with Crippen LogP contribution >= 0.6 is 0 Å². The first kappa shape index (κ1) is 13.9. The highest BCUT2D eigenvalue weighted by Crippen LogP contribution is 2.22. The first-order chi connectivity index (χ1) is 7.80. The van der Waals surface area contributed by atoms with Crippen molar-refractivity contribution in [3.05, 3.63) is 0 Å². The summed E-state index contributed by atoms with van der Waals surface area (Å²) in [6.45, 7) is 6.36. The highest BCUT2D eigenvalue weighted by atomic mass is 16.7. The summed E-state index contributed by atoms with van der Waals surface area (Å²) in [4.78, 5) is 0. The molecule has 0 saturated heterocycles. The Morgan fingerprint density at radius 2 is 1.81 bits per heavy atom. The van der Waals surface area contributed by atoms with E-state index >= 15 is 0 Å². The highest BCUT2D eigenvalue weighted by molar-refractivity contribution is 4.85. The van der Waals surface area contributed by atoms with Crippen LogP contribution in [-0.4, -0.2) is 45.3 Å². The lowest BCUT2D eigenvalue weighted by Crippen LogP contribution is -2.45. The van der Waals surface area contributed by atoms with Crippen LogP contribution in [0.2, 0.25) is 0 Å². The molecule has 4 heteroatoms. The standard InChI is InChI=1S/C12H25NO3/c1-4-15-12(16-5-2)6-7-13-10-8-11(9-10)14-3/h10-13H,4-9H2,1-3H3. The zero-order chi connectivity index (χ0) is 11.8. The van der Waals surface area contributed by atoms with Crippen LogP contribution in [0.5, 0.6) is 0 Å². The van der Waals surface area contributed by atoms with E-state index in [2.05, 4.69) is 5.32 Å². The fourth-order valence-corrected chi connectivity index (χ4v) is 1.92. The summed E-state index contributed by atoms with van der Waals surface area (Å²) in [5, 5.41) is 3.49. The van der Waals surface area contributed by atoms with E-state index in [-0.39, 0.29) is 6.29 Å². The van der Waals surface area contributed by atoms with Gasteiger partial charge >= 0.3 is 0 Å². The van der Waals surface area contributed by atoms with Gasteiger partial charge in [0.05, 0.1) is 6.10 Å². The molecule has 1 N–H and O–H groups in total. The summed E-state index contributed by atoms with van der Waals surface area (Å²) in [6.07, 6.45) is 3.58. The molecule has 0 amide bonds. The van der Waals surface area contributed by atoms with E-state index in [4.69, 9.17) is 14.2 Å². The molecule has 1 rings (SSSR count). The second-order valence-corrected chi connectivity index (χ2v) is 4.11. The van der Waals surface area contributed by atoms with Crippen molar-refractivity contribution < 1.29 is 14.2 Å². The molecule has 1 aliphatic carbocycles. The van der Waals surface area contributed by atoms with Gasteiger partial charge in [0, 0.05) is 39.3 Å². The zero-order valence-electron chi connectivity index (χ0n) is 10.7. The minimum absolute atomic E-state index is 0.0548. The fraction of sp³-hybridized carbons (Fsp3) is 1.00. The lowest BCUT2D eigenvalue weighted by Gasteiger charge is -2.35. The molecule has 0 bridgehead atoms. The number of hydrogen-bond donors (Lipinski definition) is 1. The molecule has 1 saturated carbocycles. The third-order valence-electron chi connectivity index (χ3n) is 2.95. The minimum atomic E-state index is -0.0548. The Bertz CT molecular complexity index is 166. The summed E-state index contributed by atoms with van der Waals surface area (Å²) in [5.74, 6) is 0. The molecule has 0 unspecified atom stereocenters. The zero-order valence-corrected chi connectivity index (χ0v) is 10.7. The normalized spacial score (nSPS) is 24.8. The molecule has 0 aromatic rings. The third kappa shape index (κ3) is 4.78. The molecule has 0 radical (unpaired) electrons. The predicted octanol–water partition coefficient (Wildman–Crippen LogP) is 1.54. The average Bonchev–Trinajstić information content (AvgIpc) is 2.22. The van der Waals surface area contributed by atoms with Crippen LogP contribution in [0, 0.1) is 0 Å². The average molecular weight is 231 g/mol. The fourth-order valence-electron chi connectivity index (χ4n) is 1.92. The molecule has 96 valence electrons. The molecule has 0 spiro atoms. The van der Waals surface area contributed by atoms with Crippen molar-refractivity contribution in [3.63, 3.8) is 0 Å². The van der Waals surface area contributed by atoms with Crippen molar-refractivity contribution in [1.29, 1.82) is 0 Å². The predicted molar refractivity (Wildman–Crippen MR) is 63.5 cm³/mol. The molecule has 1 aliphatic rings. The van der Waals surface area contributed by atoms with Gasteiger partial charge in [-0.25, -0.2) is 0 Å². The molecule has 1 fully saturated rings. The molecule has 4 nitrogen and oxygen atoms in total. The van der Waals surface area contributed by atoms with Crippen LogP contribution in [0.3, 0.4) is 0 Å². The summed E-state index contributed by atoms with van der Waals surface area (Å²) in [5.41, 5.74) is 0. The lowest BCUT2D eigenvalue weighted by molar-refractivity contribution is -0.139. The molecular formula is C12H25NO3. The molecule has 16 heavy (non-hydrogen) atoms. The monoisotopic (exact) mass is 231 g/mol. The van der Waals surface area contributed by atoms with Gasteiger partial charge in [0.15, 0.2) is 6.29 Å².